The zero-order valence-corrected chi connectivity index (χ0v) is 19.9. The first-order valence-electron chi connectivity index (χ1n) is 11.4. The number of anilines is 2. The highest BCUT2D eigenvalue weighted by Gasteiger charge is 2.10. The zero-order valence-electron chi connectivity index (χ0n) is 19.9. The molecule has 4 rings (SSSR count). The molecule has 0 saturated carbocycles. The normalized spacial score (nSPS) is 12.2. The Hall–Kier alpha value is -4.33. The summed E-state index contributed by atoms with van der Waals surface area (Å²) in [6.45, 7) is 6.23. The van der Waals surface area contributed by atoms with Gasteiger partial charge in [0.1, 0.15) is 5.82 Å². The summed E-state index contributed by atoms with van der Waals surface area (Å²) >= 11 is 0. The minimum absolute atomic E-state index is 0.0386. The first-order chi connectivity index (χ1) is 16.9. The summed E-state index contributed by atoms with van der Waals surface area (Å²) in [5.41, 5.74) is 5.06. The lowest BCUT2D eigenvalue weighted by Crippen LogP contribution is -2.04. The second-order valence-corrected chi connectivity index (χ2v) is 8.59. The predicted molar refractivity (Wildman–Crippen MR) is 139 cm³/mol. The number of fused-ring (bicyclic) bond motifs is 1. The Bertz CT molecular complexity index is 1380. The fourth-order valence-electron chi connectivity index (χ4n) is 3.51. The van der Waals surface area contributed by atoms with E-state index in [2.05, 4.69) is 44.3 Å². The van der Waals surface area contributed by atoms with Gasteiger partial charge < -0.3 is 10.7 Å². The molecule has 0 bridgehead atoms. The van der Waals surface area contributed by atoms with E-state index in [1.807, 2.05) is 36.4 Å². The second-order valence-electron chi connectivity index (χ2n) is 8.59. The summed E-state index contributed by atoms with van der Waals surface area (Å²) in [4.78, 5) is 25.1. The van der Waals surface area contributed by atoms with Crippen molar-refractivity contribution in [3.8, 4) is 0 Å². The maximum atomic E-state index is 11.4. The number of Topliss-reactive ketones (excluding diaryl/α,β-unsaturated/α-hetero) is 1. The SMILES string of the molecule is CC(=O)c1ccc(CN=CC(C=N)c2cnc3ccc(Nc4cc(C(C)C)cnn4)nc3c2)cc1. The number of hydrogen-bond donors (Lipinski definition) is 2. The number of nitrogens with one attached hydrogen (secondary N) is 2. The van der Waals surface area contributed by atoms with Gasteiger partial charge >= 0.3 is 0 Å². The molecule has 1 aromatic carbocycles. The molecule has 8 heteroatoms. The standard InChI is InChI=1S/C27H27N7O/c1-17(2)21-11-27(34-31-16-21)33-26-9-8-24-25(32-26)10-22(15-30-24)23(12-28)14-29-13-19-4-6-20(7-5-19)18(3)35/h4-12,14-17,23,28H,13H2,1-3H3,(H,32,33,34). The van der Waals surface area contributed by atoms with Crippen molar-refractivity contribution >= 4 is 40.9 Å². The molecule has 0 aliphatic rings. The number of pyridine rings is 2. The van der Waals surface area contributed by atoms with Crippen molar-refractivity contribution in [1.82, 2.24) is 20.2 Å². The molecule has 8 nitrogen and oxygen atoms in total. The third-order valence-electron chi connectivity index (χ3n) is 5.62. The Morgan fingerprint density at radius 3 is 2.54 bits per heavy atom. The van der Waals surface area contributed by atoms with Gasteiger partial charge in [0.05, 0.1) is 29.7 Å². The lowest BCUT2D eigenvalue weighted by Gasteiger charge is -2.10. The van der Waals surface area contributed by atoms with E-state index < -0.39 is 0 Å². The number of benzene rings is 1. The molecule has 0 radical (unpaired) electrons. The summed E-state index contributed by atoms with van der Waals surface area (Å²) in [6, 6.07) is 15.0. The van der Waals surface area contributed by atoms with E-state index in [9.17, 15) is 4.79 Å². The van der Waals surface area contributed by atoms with Crippen LogP contribution in [0.5, 0.6) is 0 Å². The molecule has 0 saturated heterocycles. The van der Waals surface area contributed by atoms with Crippen molar-refractivity contribution in [2.75, 3.05) is 5.32 Å². The number of rotatable bonds is 9. The maximum Gasteiger partial charge on any atom is 0.159 e. The summed E-state index contributed by atoms with van der Waals surface area (Å²) in [5.74, 6) is 1.34. The van der Waals surface area contributed by atoms with Crippen LogP contribution < -0.4 is 5.32 Å². The highest BCUT2D eigenvalue weighted by atomic mass is 16.1. The van der Waals surface area contributed by atoms with E-state index in [1.165, 1.54) is 6.21 Å². The molecule has 3 aromatic heterocycles. The number of nitrogens with zero attached hydrogens (tertiary/aromatic N) is 5. The average Bonchev–Trinajstić information content (AvgIpc) is 2.86. The van der Waals surface area contributed by atoms with E-state index in [4.69, 9.17) is 5.41 Å². The van der Waals surface area contributed by atoms with Crippen molar-refractivity contribution in [1.29, 1.82) is 5.41 Å². The summed E-state index contributed by atoms with van der Waals surface area (Å²) in [5, 5.41) is 19.3. The Morgan fingerprint density at radius 1 is 1.03 bits per heavy atom. The molecule has 0 aliphatic carbocycles. The number of hydrogen-bond acceptors (Lipinski definition) is 8. The number of ketones is 1. The topological polar surface area (TPSA) is 117 Å². The summed E-state index contributed by atoms with van der Waals surface area (Å²) in [6.07, 6.45) is 6.59. The molecule has 0 amide bonds. The van der Waals surface area contributed by atoms with Crippen molar-refractivity contribution in [2.24, 2.45) is 4.99 Å². The van der Waals surface area contributed by atoms with E-state index in [0.717, 1.165) is 22.2 Å². The molecular weight excluding hydrogens is 438 g/mol. The van der Waals surface area contributed by atoms with Gasteiger partial charge in [0, 0.05) is 24.2 Å². The van der Waals surface area contributed by atoms with Gasteiger partial charge in [0.2, 0.25) is 0 Å². The van der Waals surface area contributed by atoms with Crippen LogP contribution in [0.4, 0.5) is 11.6 Å². The molecule has 1 atom stereocenters. The van der Waals surface area contributed by atoms with E-state index >= 15 is 0 Å². The van der Waals surface area contributed by atoms with Gasteiger partial charge in [-0.05, 0) is 53.8 Å². The fraction of sp³-hybridized carbons (Fsp3) is 0.222. The molecule has 3 heterocycles. The predicted octanol–water partition coefficient (Wildman–Crippen LogP) is 5.49. The van der Waals surface area contributed by atoms with Crippen LogP contribution in [0.3, 0.4) is 0 Å². The summed E-state index contributed by atoms with van der Waals surface area (Å²) < 4.78 is 0. The number of aromatic nitrogens is 4. The molecule has 176 valence electrons. The van der Waals surface area contributed by atoms with Gasteiger partial charge in [-0.3, -0.25) is 14.8 Å². The largest absolute Gasteiger partial charge is 0.323 e. The quantitative estimate of drug-likeness (QED) is 0.249. The van der Waals surface area contributed by atoms with Gasteiger partial charge in [0.25, 0.3) is 0 Å². The molecule has 1 unspecified atom stereocenters. The monoisotopic (exact) mass is 465 g/mol. The smallest absolute Gasteiger partial charge is 0.159 e. The van der Waals surface area contributed by atoms with Gasteiger partial charge in [-0.2, -0.15) is 5.10 Å². The van der Waals surface area contributed by atoms with E-state index in [1.54, 1.807) is 37.7 Å². The highest BCUT2D eigenvalue weighted by molar-refractivity contribution is 5.94. The fourth-order valence-corrected chi connectivity index (χ4v) is 3.51. The van der Waals surface area contributed by atoms with Crippen molar-refractivity contribution in [3.05, 3.63) is 83.2 Å². The van der Waals surface area contributed by atoms with Crippen molar-refractivity contribution < 1.29 is 4.79 Å². The molecule has 0 aliphatic heterocycles. The van der Waals surface area contributed by atoms with Gasteiger partial charge in [-0.25, -0.2) is 4.98 Å². The highest BCUT2D eigenvalue weighted by Crippen LogP contribution is 2.22. The Labute approximate surface area is 204 Å². The second kappa shape index (κ2) is 10.7. The molecular formula is C27H27N7O. The maximum absolute atomic E-state index is 11.4. The van der Waals surface area contributed by atoms with Crippen LogP contribution in [0.1, 0.15) is 59.7 Å². The van der Waals surface area contributed by atoms with Crippen LogP contribution in [0.15, 0.2) is 65.9 Å². The van der Waals surface area contributed by atoms with Gasteiger partial charge in [-0.1, -0.05) is 38.1 Å². The van der Waals surface area contributed by atoms with Crippen LogP contribution in [0.25, 0.3) is 11.0 Å². The van der Waals surface area contributed by atoms with Gasteiger partial charge in [0.15, 0.2) is 11.6 Å². The zero-order chi connectivity index (χ0) is 24.8. The van der Waals surface area contributed by atoms with Crippen LogP contribution in [-0.4, -0.2) is 38.4 Å². The third-order valence-corrected chi connectivity index (χ3v) is 5.62. The number of carbonyl (C=O) groups excluding carboxylic acids is 1. The Kier molecular flexibility index (Phi) is 7.30. The van der Waals surface area contributed by atoms with Crippen LogP contribution >= 0.6 is 0 Å². The lowest BCUT2D eigenvalue weighted by atomic mass is 10.0. The van der Waals surface area contributed by atoms with Crippen molar-refractivity contribution in [2.45, 2.75) is 39.2 Å². The minimum atomic E-state index is -0.324. The minimum Gasteiger partial charge on any atom is -0.323 e. The molecule has 2 N–H and O–H groups in total. The van der Waals surface area contributed by atoms with Crippen LogP contribution in [0, 0.1) is 5.41 Å². The molecule has 35 heavy (non-hydrogen) atoms. The van der Waals surface area contributed by atoms with Gasteiger partial charge in [-0.15, -0.1) is 5.10 Å². The molecule has 0 spiro atoms. The number of carbonyl (C=O) groups is 1. The first kappa shape index (κ1) is 23.8. The first-order valence-corrected chi connectivity index (χ1v) is 11.4. The Balaban J connectivity index is 1.50. The van der Waals surface area contributed by atoms with Crippen LogP contribution in [0.2, 0.25) is 0 Å². The average molecular weight is 466 g/mol. The van der Waals surface area contributed by atoms with E-state index in [-0.39, 0.29) is 11.7 Å². The van der Waals surface area contributed by atoms with Crippen LogP contribution in [-0.2, 0) is 6.54 Å². The molecule has 0 fully saturated rings. The Morgan fingerprint density at radius 2 is 1.83 bits per heavy atom. The van der Waals surface area contributed by atoms with Crippen molar-refractivity contribution in [3.63, 3.8) is 0 Å². The number of aliphatic imine (C=N–C) groups is 1. The van der Waals surface area contributed by atoms with E-state index in [0.29, 0.717) is 35.2 Å². The molecule has 4 aromatic rings. The third kappa shape index (κ3) is 5.97. The summed E-state index contributed by atoms with van der Waals surface area (Å²) in [7, 11) is 0. The lowest BCUT2D eigenvalue weighted by molar-refractivity contribution is 0.101.